The van der Waals surface area contributed by atoms with E-state index in [0.717, 1.165) is 34.5 Å². The molecule has 1 amide bonds. The largest absolute Gasteiger partial charge is 0.334 e. The zero-order valence-electron chi connectivity index (χ0n) is 13.8. The molecule has 7 heteroatoms. The molecule has 4 rings (SSSR count). The van der Waals surface area contributed by atoms with Crippen LogP contribution in [-0.4, -0.2) is 32.3 Å². The van der Waals surface area contributed by atoms with E-state index >= 15 is 0 Å². The van der Waals surface area contributed by atoms with Crippen LogP contribution in [0.15, 0.2) is 41.9 Å². The Morgan fingerprint density at radius 2 is 2.08 bits per heavy atom. The van der Waals surface area contributed by atoms with Gasteiger partial charge in [-0.05, 0) is 19.1 Å². The van der Waals surface area contributed by atoms with E-state index in [9.17, 15) is 4.79 Å². The van der Waals surface area contributed by atoms with E-state index in [4.69, 9.17) is 0 Å². The molecule has 1 N–H and O–H groups in total. The number of aryl methyl sites for hydroxylation is 1. The number of carbonyl (C=O) groups excluding carboxylic acids is 1. The van der Waals surface area contributed by atoms with Crippen molar-refractivity contribution >= 4 is 28.2 Å². The van der Waals surface area contributed by atoms with Gasteiger partial charge in [-0.2, -0.15) is 0 Å². The zero-order chi connectivity index (χ0) is 17.2. The third-order valence-corrected chi connectivity index (χ3v) is 4.83. The molecule has 0 unspecified atom stereocenters. The molecule has 1 aliphatic heterocycles. The molecule has 1 aromatic carbocycles. The smallest absolute Gasteiger partial charge is 0.254 e. The zero-order valence-corrected chi connectivity index (χ0v) is 14.6. The van der Waals surface area contributed by atoms with Gasteiger partial charge in [-0.25, -0.2) is 15.0 Å². The van der Waals surface area contributed by atoms with Gasteiger partial charge in [0.1, 0.15) is 11.6 Å². The second-order valence-corrected chi connectivity index (χ2v) is 6.74. The van der Waals surface area contributed by atoms with Gasteiger partial charge in [0, 0.05) is 35.7 Å². The second-order valence-electron chi connectivity index (χ2n) is 5.85. The lowest BCUT2D eigenvalue weighted by atomic mass is 10.0. The number of benzene rings is 1. The van der Waals surface area contributed by atoms with Crippen LogP contribution in [0, 0.1) is 6.92 Å². The van der Waals surface area contributed by atoms with Crippen molar-refractivity contribution in [3.8, 4) is 0 Å². The SMILES string of the molecule is Cc1nc2c(c(Nc3nccs3)n1)CN(C(=O)c1ccccc1)CC2. The van der Waals surface area contributed by atoms with Gasteiger partial charge in [-0.15, -0.1) is 11.3 Å². The van der Waals surface area contributed by atoms with Gasteiger partial charge in [0.2, 0.25) is 0 Å². The molecule has 0 fully saturated rings. The van der Waals surface area contributed by atoms with Crippen LogP contribution in [0.3, 0.4) is 0 Å². The molecule has 25 heavy (non-hydrogen) atoms. The fourth-order valence-corrected chi connectivity index (χ4v) is 3.49. The number of carbonyl (C=O) groups is 1. The number of nitrogens with zero attached hydrogens (tertiary/aromatic N) is 4. The maximum absolute atomic E-state index is 12.8. The van der Waals surface area contributed by atoms with Crippen molar-refractivity contribution in [2.24, 2.45) is 0 Å². The summed E-state index contributed by atoms with van der Waals surface area (Å²) in [6.07, 6.45) is 2.47. The lowest BCUT2D eigenvalue weighted by Crippen LogP contribution is -2.37. The first-order valence-corrected chi connectivity index (χ1v) is 8.96. The molecule has 1 aliphatic rings. The van der Waals surface area contributed by atoms with Crippen LogP contribution in [0.1, 0.15) is 27.4 Å². The van der Waals surface area contributed by atoms with Crippen molar-refractivity contribution in [3.63, 3.8) is 0 Å². The van der Waals surface area contributed by atoms with E-state index in [-0.39, 0.29) is 5.91 Å². The maximum atomic E-state index is 12.8. The van der Waals surface area contributed by atoms with Crippen LogP contribution in [0.4, 0.5) is 10.9 Å². The fourth-order valence-electron chi connectivity index (χ4n) is 2.96. The van der Waals surface area contributed by atoms with Crippen LogP contribution in [0.25, 0.3) is 0 Å². The first-order valence-electron chi connectivity index (χ1n) is 8.08. The van der Waals surface area contributed by atoms with Crippen LogP contribution in [0.2, 0.25) is 0 Å². The van der Waals surface area contributed by atoms with Gasteiger partial charge >= 0.3 is 0 Å². The Kier molecular flexibility index (Phi) is 4.15. The summed E-state index contributed by atoms with van der Waals surface area (Å²) >= 11 is 1.52. The van der Waals surface area contributed by atoms with Crippen LogP contribution in [-0.2, 0) is 13.0 Å². The normalized spacial score (nSPS) is 13.4. The molecule has 3 aromatic rings. The summed E-state index contributed by atoms with van der Waals surface area (Å²) in [5.74, 6) is 1.50. The van der Waals surface area contributed by atoms with Crippen LogP contribution < -0.4 is 5.32 Å². The number of fused-ring (bicyclic) bond motifs is 1. The van der Waals surface area contributed by atoms with Gasteiger partial charge in [0.15, 0.2) is 5.13 Å². The third kappa shape index (κ3) is 3.23. The molecule has 126 valence electrons. The molecule has 2 aromatic heterocycles. The average Bonchev–Trinajstić information content (AvgIpc) is 3.14. The van der Waals surface area contributed by atoms with Crippen molar-refractivity contribution in [2.45, 2.75) is 19.9 Å². The minimum Gasteiger partial charge on any atom is -0.334 e. The van der Waals surface area contributed by atoms with Crippen molar-refractivity contribution in [2.75, 3.05) is 11.9 Å². The summed E-state index contributed by atoms with van der Waals surface area (Å²) in [4.78, 5) is 28.0. The highest BCUT2D eigenvalue weighted by Crippen LogP contribution is 2.27. The van der Waals surface area contributed by atoms with Gasteiger partial charge in [0.25, 0.3) is 5.91 Å². The third-order valence-electron chi connectivity index (χ3n) is 4.14. The lowest BCUT2D eigenvalue weighted by Gasteiger charge is -2.29. The van der Waals surface area contributed by atoms with Crippen molar-refractivity contribution < 1.29 is 4.79 Å². The van der Waals surface area contributed by atoms with Gasteiger partial charge in [0.05, 0.1) is 12.2 Å². The highest BCUT2D eigenvalue weighted by atomic mass is 32.1. The Balaban J connectivity index is 1.64. The summed E-state index contributed by atoms with van der Waals surface area (Å²) in [5, 5.41) is 5.97. The Bertz CT molecular complexity index is 895. The van der Waals surface area contributed by atoms with E-state index in [1.807, 2.05) is 47.5 Å². The molecular formula is C18H17N5OS. The average molecular weight is 351 g/mol. The standard InChI is InChI=1S/C18H17N5OS/c1-12-20-15-7-9-23(17(24)13-5-3-2-4-6-13)11-14(15)16(21-12)22-18-19-8-10-25-18/h2-6,8,10H,7,9,11H2,1H3,(H,19,20,21,22). The molecule has 0 saturated heterocycles. The highest BCUT2D eigenvalue weighted by Gasteiger charge is 2.26. The summed E-state index contributed by atoms with van der Waals surface area (Å²) in [5.41, 5.74) is 2.67. The number of amides is 1. The van der Waals surface area contributed by atoms with Gasteiger partial charge in [-0.1, -0.05) is 18.2 Å². The number of hydrogen-bond donors (Lipinski definition) is 1. The Morgan fingerprint density at radius 1 is 1.24 bits per heavy atom. The first kappa shape index (κ1) is 15.7. The maximum Gasteiger partial charge on any atom is 0.254 e. The molecule has 0 aliphatic carbocycles. The molecule has 0 radical (unpaired) electrons. The number of aromatic nitrogens is 3. The van der Waals surface area contributed by atoms with Gasteiger partial charge < -0.3 is 10.2 Å². The van der Waals surface area contributed by atoms with E-state index in [2.05, 4.69) is 20.3 Å². The summed E-state index contributed by atoms with van der Waals surface area (Å²) in [6, 6.07) is 9.37. The van der Waals surface area contributed by atoms with Crippen LogP contribution in [0.5, 0.6) is 0 Å². The minimum atomic E-state index is 0.0343. The van der Waals surface area contributed by atoms with E-state index in [1.54, 1.807) is 6.20 Å². The monoisotopic (exact) mass is 351 g/mol. The molecule has 6 nitrogen and oxygen atoms in total. The van der Waals surface area contributed by atoms with Crippen molar-refractivity contribution in [3.05, 3.63) is 64.6 Å². The Morgan fingerprint density at radius 3 is 2.84 bits per heavy atom. The molecule has 0 spiro atoms. The summed E-state index contributed by atoms with van der Waals surface area (Å²) < 4.78 is 0. The van der Waals surface area contributed by atoms with E-state index in [0.29, 0.717) is 18.7 Å². The second kappa shape index (κ2) is 6.60. The number of nitrogens with one attached hydrogen (secondary N) is 1. The molecule has 0 bridgehead atoms. The van der Waals surface area contributed by atoms with Crippen molar-refractivity contribution in [1.82, 2.24) is 19.9 Å². The molecular weight excluding hydrogens is 334 g/mol. The van der Waals surface area contributed by atoms with Crippen molar-refractivity contribution in [1.29, 1.82) is 0 Å². The van der Waals surface area contributed by atoms with Crippen LogP contribution >= 0.6 is 11.3 Å². The first-order chi connectivity index (χ1) is 12.2. The molecule has 0 saturated carbocycles. The van der Waals surface area contributed by atoms with E-state index < -0.39 is 0 Å². The lowest BCUT2D eigenvalue weighted by molar-refractivity contribution is 0.0734. The number of anilines is 2. The topological polar surface area (TPSA) is 71.0 Å². The highest BCUT2D eigenvalue weighted by molar-refractivity contribution is 7.13. The quantitative estimate of drug-likeness (QED) is 0.785. The number of hydrogen-bond acceptors (Lipinski definition) is 6. The van der Waals surface area contributed by atoms with E-state index in [1.165, 1.54) is 11.3 Å². The summed E-state index contributed by atoms with van der Waals surface area (Å²) in [6.45, 7) is 3.04. The fraction of sp³-hybridized carbons (Fsp3) is 0.222. The molecule has 0 atom stereocenters. The predicted octanol–water partition coefficient (Wildman–Crippen LogP) is 3.18. The predicted molar refractivity (Wildman–Crippen MR) is 97.1 cm³/mol. The number of thiazole rings is 1. The Hall–Kier alpha value is -2.80. The minimum absolute atomic E-state index is 0.0343. The molecule has 3 heterocycles. The van der Waals surface area contributed by atoms with Gasteiger partial charge in [-0.3, -0.25) is 4.79 Å². The number of rotatable bonds is 3. The summed E-state index contributed by atoms with van der Waals surface area (Å²) in [7, 11) is 0. The Labute approximate surface area is 149 Å².